The zero-order chi connectivity index (χ0) is 14.2. The summed E-state index contributed by atoms with van der Waals surface area (Å²) in [6.07, 6.45) is 7.58. The summed E-state index contributed by atoms with van der Waals surface area (Å²) < 4.78 is 0. The zero-order valence-electron chi connectivity index (χ0n) is 13.2. The molecule has 0 saturated carbocycles. The fourth-order valence-corrected chi connectivity index (χ4v) is 3.21. The van der Waals surface area contributed by atoms with Crippen LogP contribution >= 0.6 is 0 Å². The molecule has 1 atom stereocenters. The highest BCUT2D eigenvalue weighted by molar-refractivity contribution is 5.51. The van der Waals surface area contributed by atoms with Gasteiger partial charge in [0.2, 0.25) is 0 Å². The van der Waals surface area contributed by atoms with Crippen LogP contribution in [0.5, 0.6) is 0 Å². The van der Waals surface area contributed by atoms with Gasteiger partial charge in [-0.15, -0.1) is 0 Å². The van der Waals surface area contributed by atoms with Crippen molar-refractivity contribution in [2.45, 2.75) is 58.4 Å². The summed E-state index contributed by atoms with van der Waals surface area (Å²) in [4.78, 5) is 2.62. The van der Waals surface area contributed by atoms with Crippen LogP contribution in [0.3, 0.4) is 0 Å². The first-order valence-electron chi connectivity index (χ1n) is 8.40. The molecule has 1 aromatic rings. The minimum absolute atomic E-state index is 0.648. The number of nitrogens with zero attached hydrogens (tertiary/aromatic N) is 1. The maximum Gasteiger partial charge on any atom is 0.0374 e. The third kappa shape index (κ3) is 4.52. The second kappa shape index (κ2) is 8.31. The van der Waals surface area contributed by atoms with E-state index in [0.717, 1.165) is 0 Å². The maximum atomic E-state index is 3.81. The molecular formula is C18H30N2. The second-order valence-electron chi connectivity index (χ2n) is 6.02. The highest BCUT2D eigenvalue weighted by Crippen LogP contribution is 2.21. The van der Waals surface area contributed by atoms with Crippen molar-refractivity contribution in [2.24, 2.45) is 0 Å². The lowest BCUT2D eigenvalue weighted by Crippen LogP contribution is -2.27. The van der Waals surface area contributed by atoms with Crippen molar-refractivity contribution < 1.29 is 0 Å². The van der Waals surface area contributed by atoms with Gasteiger partial charge in [-0.25, -0.2) is 0 Å². The van der Waals surface area contributed by atoms with Gasteiger partial charge in [0.1, 0.15) is 0 Å². The van der Waals surface area contributed by atoms with E-state index >= 15 is 0 Å². The zero-order valence-corrected chi connectivity index (χ0v) is 13.2. The van der Waals surface area contributed by atoms with Crippen LogP contribution in [0.1, 0.15) is 51.5 Å². The van der Waals surface area contributed by atoms with Crippen LogP contribution in [0.4, 0.5) is 5.69 Å². The molecule has 0 amide bonds. The lowest BCUT2D eigenvalue weighted by atomic mass is 10.0. The van der Waals surface area contributed by atoms with Gasteiger partial charge in [-0.05, 0) is 56.8 Å². The van der Waals surface area contributed by atoms with E-state index < -0.39 is 0 Å². The quantitative estimate of drug-likeness (QED) is 0.831. The lowest BCUT2D eigenvalue weighted by molar-refractivity contribution is 0.285. The largest absolute Gasteiger partial charge is 0.382 e. The third-order valence-electron chi connectivity index (χ3n) is 4.26. The van der Waals surface area contributed by atoms with Crippen LogP contribution < -0.4 is 5.32 Å². The van der Waals surface area contributed by atoms with Gasteiger partial charge in [-0.2, -0.15) is 0 Å². The Balaban J connectivity index is 1.93. The average molecular weight is 274 g/mol. The van der Waals surface area contributed by atoms with Crippen molar-refractivity contribution >= 4 is 5.69 Å². The number of rotatable bonds is 6. The summed E-state index contributed by atoms with van der Waals surface area (Å²) in [6, 6.07) is 9.48. The van der Waals surface area contributed by atoms with Crippen LogP contribution in [0.15, 0.2) is 24.3 Å². The van der Waals surface area contributed by atoms with E-state index in [2.05, 4.69) is 48.3 Å². The number of aryl methyl sites for hydroxylation is 1. The van der Waals surface area contributed by atoms with Crippen molar-refractivity contribution in [1.82, 2.24) is 4.90 Å². The lowest BCUT2D eigenvalue weighted by Gasteiger charge is -2.21. The summed E-state index contributed by atoms with van der Waals surface area (Å²) in [7, 11) is 0. The molecule has 2 heteroatoms. The van der Waals surface area contributed by atoms with Gasteiger partial charge in [-0.3, -0.25) is 0 Å². The predicted molar refractivity (Wildman–Crippen MR) is 88.4 cm³/mol. The van der Waals surface area contributed by atoms with E-state index in [1.54, 1.807) is 0 Å². The standard InChI is InChI=1S/C18H30N2/c1-3-8-16-9-5-6-11-18(16)19-17-10-7-14-20(13-4-2)15-12-17/h5-6,9,11,17,19H,3-4,7-8,10,12-15H2,1-2H3. The van der Waals surface area contributed by atoms with E-state index in [1.165, 1.54) is 69.4 Å². The number of benzene rings is 1. The van der Waals surface area contributed by atoms with E-state index in [0.29, 0.717) is 6.04 Å². The minimum atomic E-state index is 0.648. The molecule has 20 heavy (non-hydrogen) atoms. The molecule has 0 spiro atoms. The first-order chi connectivity index (χ1) is 9.83. The molecule has 1 aromatic carbocycles. The molecule has 0 bridgehead atoms. The molecule has 1 heterocycles. The third-order valence-corrected chi connectivity index (χ3v) is 4.26. The van der Waals surface area contributed by atoms with E-state index in [9.17, 15) is 0 Å². The molecule has 1 aliphatic heterocycles. The molecule has 1 N–H and O–H groups in total. The van der Waals surface area contributed by atoms with Gasteiger partial charge >= 0.3 is 0 Å². The van der Waals surface area contributed by atoms with E-state index in [4.69, 9.17) is 0 Å². The van der Waals surface area contributed by atoms with Crippen LogP contribution in [0.25, 0.3) is 0 Å². The molecule has 1 saturated heterocycles. The molecule has 2 nitrogen and oxygen atoms in total. The highest BCUT2D eigenvalue weighted by atomic mass is 15.1. The fourth-order valence-electron chi connectivity index (χ4n) is 3.21. The Morgan fingerprint density at radius 1 is 1.10 bits per heavy atom. The Morgan fingerprint density at radius 2 is 1.95 bits per heavy atom. The van der Waals surface area contributed by atoms with Crippen LogP contribution in [0, 0.1) is 0 Å². The predicted octanol–water partition coefficient (Wildman–Crippen LogP) is 4.32. The van der Waals surface area contributed by atoms with Gasteiger partial charge < -0.3 is 10.2 Å². The topological polar surface area (TPSA) is 15.3 Å². The van der Waals surface area contributed by atoms with Gasteiger partial charge in [0.15, 0.2) is 0 Å². The van der Waals surface area contributed by atoms with Gasteiger partial charge in [0.25, 0.3) is 0 Å². The molecule has 0 radical (unpaired) electrons. The van der Waals surface area contributed by atoms with E-state index in [-0.39, 0.29) is 0 Å². The molecule has 1 aliphatic rings. The maximum absolute atomic E-state index is 3.81. The number of para-hydroxylation sites is 1. The summed E-state index contributed by atoms with van der Waals surface area (Å²) in [6.45, 7) is 8.33. The fraction of sp³-hybridized carbons (Fsp3) is 0.667. The SMILES string of the molecule is CCCc1ccccc1NC1CCCN(CCC)CC1. The minimum Gasteiger partial charge on any atom is -0.382 e. The first-order valence-corrected chi connectivity index (χ1v) is 8.40. The molecule has 1 fully saturated rings. The molecule has 2 rings (SSSR count). The van der Waals surface area contributed by atoms with Crippen LogP contribution in [-0.2, 0) is 6.42 Å². The van der Waals surface area contributed by atoms with Crippen molar-refractivity contribution in [3.05, 3.63) is 29.8 Å². The Hall–Kier alpha value is -1.02. The summed E-state index contributed by atoms with van der Waals surface area (Å²) >= 11 is 0. The van der Waals surface area contributed by atoms with E-state index in [1.807, 2.05) is 0 Å². The van der Waals surface area contributed by atoms with Crippen LogP contribution in [0.2, 0.25) is 0 Å². The number of anilines is 1. The number of hydrogen-bond donors (Lipinski definition) is 1. The van der Waals surface area contributed by atoms with Crippen molar-refractivity contribution in [3.8, 4) is 0 Å². The Kier molecular flexibility index (Phi) is 6.38. The molecule has 0 aromatic heterocycles. The molecular weight excluding hydrogens is 244 g/mol. The number of nitrogens with one attached hydrogen (secondary N) is 1. The van der Waals surface area contributed by atoms with Crippen molar-refractivity contribution in [1.29, 1.82) is 0 Å². The smallest absolute Gasteiger partial charge is 0.0374 e. The number of likely N-dealkylation sites (tertiary alicyclic amines) is 1. The highest BCUT2D eigenvalue weighted by Gasteiger charge is 2.16. The van der Waals surface area contributed by atoms with Gasteiger partial charge in [0.05, 0.1) is 0 Å². The summed E-state index contributed by atoms with van der Waals surface area (Å²) in [5.74, 6) is 0. The molecule has 112 valence electrons. The molecule has 1 unspecified atom stereocenters. The monoisotopic (exact) mass is 274 g/mol. The average Bonchev–Trinajstić information content (AvgIpc) is 2.68. The van der Waals surface area contributed by atoms with Crippen molar-refractivity contribution in [2.75, 3.05) is 25.0 Å². The first kappa shape index (κ1) is 15.4. The number of hydrogen-bond acceptors (Lipinski definition) is 2. The Morgan fingerprint density at radius 3 is 2.75 bits per heavy atom. The van der Waals surface area contributed by atoms with Gasteiger partial charge in [-0.1, -0.05) is 38.5 Å². The summed E-state index contributed by atoms with van der Waals surface area (Å²) in [5.41, 5.74) is 2.84. The van der Waals surface area contributed by atoms with Gasteiger partial charge in [0, 0.05) is 18.3 Å². The summed E-state index contributed by atoms with van der Waals surface area (Å²) in [5, 5.41) is 3.81. The van der Waals surface area contributed by atoms with Crippen molar-refractivity contribution in [3.63, 3.8) is 0 Å². The molecule has 0 aliphatic carbocycles. The Labute approximate surface area is 124 Å². The Bertz CT molecular complexity index is 389. The normalized spacial score (nSPS) is 20.6. The van der Waals surface area contributed by atoms with Crippen LogP contribution in [-0.4, -0.2) is 30.6 Å². The second-order valence-corrected chi connectivity index (χ2v) is 6.02.